The number of furan rings is 1. The van der Waals surface area contributed by atoms with E-state index in [2.05, 4.69) is 5.32 Å². The van der Waals surface area contributed by atoms with Gasteiger partial charge in [0.1, 0.15) is 11.5 Å². The molecular formula is C15H19NO3. The third-order valence-electron chi connectivity index (χ3n) is 3.09. The molecule has 0 spiro atoms. The van der Waals surface area contributed by atoms with E-state index in [9.17, 15) is 5.11 Å². The van der Waals surface area contributed by atoms with Gasteiger partial charge < -0.3 is 19.6 Å². The lowest BCUT2D eigenvalue weighted by Crippen LogP contribution is -2.24. The third-order valence-corrected chi connectivity index (χ3v) is 3.09. The summed E-state index contributed by atoms with van der Waals surface area (Å²) in [7, 11) is 1.62. The Balaban J connectivity index is 1.88. The van der Waals surface area contributed by atoms with Crippen molar-refractivity contribution in [3.63, 3.8) is 0 Å². The van der Waals surface area contributed by atoms with Gasteiger partial charge in [0.05, 0.1) is 25.5 Å². The van der Waals surface area contributed by atoms with Gasteiger partial charge >= 0.3 is 0 Å². The molecule has 0 radical (unpaired) electrons. The van der Waals surface area contributed by atoms with Crippen molar-refractivity contribution in [1.82, 2.24) is 5.32 Å². The second kappa shape index (κ2) is 6.41. The molecule has 0 fully saturated rings. The first-order valence-electron chi connectivity index (χ1n) is 6.29. The van der Waals surface area contributed by atoms with Crippen molar-refractivity contribution in [3.8, 4) is 5.75 Å². The molecule has 0 aliphatic rings. The van der Waals surface area contributed by atoms with E-state index in [1.807, 2.05) is 43.3 Å². The van der Waals surface area contributed by atoms with Crippen LogP contribution in [0, 0.1) is 0 Å². The van der Waals surface area contributed by atoms with Crippen molar-refractivity contribution < 1.29 is 14.3 Å². The van der Waals surface area contributed by atoms with E-state index in [0.29, 0.717) is 6.54 Å². The molecule has 1 aromatic heterocycles. The fourth-order valence-corrected chi connectivity index (χ4v) is 1.87. The molecule has 2 N–H and O–H groups in total. The van der Waals surface area contributed by atoms with Gasteiger partial charge in [0.15, 0.2) is 0 Å². The fourth-order valence-electron chi connectivity index (χ4n) is 1.87. The van der Waals surface area contributed by atoms with Crippen LogP contribution in [-0.4, -0.2) is 18.8 Å². The molecule has 2 atom stereocenters. The van der Waals surface area contributed by atoms with Gasteiger partial charge in [-0.3, -0.25) is 0 Å². The predicted molar refractivity (Wildman–Crippen MR) is 73.1 cm³/mol. The Bertz CT molecular complexity index is 479. The standard InChI is InChI=1S/C15H19NO3/c1-11(15-4-3-9-19-15)16-10-14(17)12-5-7-13(18-2)8-6-12/h3-9,11,14,16-17H,10H2,1-2H3. The van der Waals surface area contributed by atoms with Gasteiger partial charge in [-0.2, -0.15) is 0 Å². The molecule has 1 aromatic carbocycles. The number of nitrogens with one attached hydrogen (secondary N) is 1. The van der Waals surface area contributed by atoms with E-state index >= 15 is 0 Å². The van der Waals surface area contributed by atoms with Crippen LogP contribution >= 0.6 is 0 Å². The van der Waals surface area contributed by atoms with Crippen LogP contribution in [0.4, 0.5) is 0 Å². The summed E-state index contributed by atoms with van der Waals surface area (Å²) in [6.07, 6.45) is 1.09. The van der Waals surface area contributed by atoms with E-state index in [4.69, 9.17) is 9.15 Å². The first kappa shape index (κ1) is 13.6. The highest BCUT2D eigenvalue weighted by Crippen LogP contribution is 2.18. The van der Waals surface area contributed by atoms with Gasteiger partial charge in [0.25, 0.3) is 0 Å². The second-order valence-electron chi connectivity index (χ2n) is 4.43. The number of ether oxygens (including phenoxy) is 1. The molecule has 102 valence electrons. The molecule has 0 amide bonds. The molecule has 2 rings (SSSR count). The zero-order valence-electron chi connectivity index (χ0n) is 11.2. The van der Waals surface area contributed by atoms with Crippen LogP contribution in [0.25, 0.3) is 0 Å². The number of aliphatic hydroxyl groups is 1. The minimum absolute atomic E-state index is 0.0721. The number of aliphatic hydroxyl groups excluding tert-OH is 1. The first-order chi connectivity index (χ1) is 9.20. The molecule has 0 aliphatic carbocycles. The smallest absolute Gasteiger partial charge is 0.120 e. The Labute approximate surface area is 113 Å². The Morgan fingerprint density at radius 3 is 2.58 bits per heavy atom. The minimum Gasteiger partial charge on any atom is -0.497 e. The number of methoxy groups -OCH3 is 1. The van der Waals surface area contributed by atoms with E-state index in [1.54, 1.807) is 13.4 Å². The zero-order valence-corrected chi connectivity index (χ0v) is 11.2. The second-order valence-corrected chi connectivity index (χ2v) is 4.43. The summed E-state index contributed by atoms with van der Waals surface area (Å²) in [6, 6.07) is 11.3. The number of hydrogen-bond donors (Lipinski definition) is 2. The van der Waals surface area contributed by atoms with Gasteiger partial charge in [-0.25, -0.2) is 0 Å². The summed E-state index contributed by atoms with van der Waals surface area (Å²) in [5.74, 6) is 1.65. The Morgan fingerprint density at radius 1 is 1.26 bits per heavy atom. The van der Waals surface area contributed by atoms with Gasteiger partial charge in [-0.1, -0.05) is 12.1 Å². The lowest BCUT2D eigenvalue weighted by Gasteiger charge is -2.16. The van der Waals surface area contributed by atoms with Crippen molar-refractivity contribution in [2.45, 2.75) is 19.1 Å². The lowest BCUT2D eigenvalue weighted by molar-refractivity contribution is 0.169. The van der Waals surface area contributed by atoms with Crippen LogP contribution in [0.5, 0.6) is 5.75 Å². The molecule has 1 heterocycles. The Morgan fingerprint density at radius 2 is 2.00 bits per heavy atom. The van der Waals surface area contributed by atoms with Crippen LogP contribution in [-0.2, 0) is 0 Å². The molecule has 0 aliphatic heterocycles. The number of benzene rings is 1. The van der Waals surface area contributed by atoms with Crippen molar-refractivity contribution in [1.29, 1.82) is 0 Å². The maximum Gasteiger partial charge on any atom is 0.120 e. The van der Waals surface area contributed by atoms with Gasteiger partial charge in [0, 0.05) is 6.54 Å². The van der Waals surface area contributed by atoms with Crippen molar-refractivity contribution >= 4 is 0 Å². The summed E-state index contributed by atoms with van der Waals surface area (Å²) < 4.78 is 10.4. The largest absolute Gasteiger partial charge is 0.497 e. The minimum atomic E-state index is -0.552. The molecule has 2 unspecified atom stereocenters. The summed E-state index contributed by atoms with van der Waals surface area (Å²) in [4.78, 5) is 0. The molecule has 0 saturated carbocycles. The molecular weight excluding hydrogens is 242 g/mol. The number of rotatable bonds is 6. The summed E-state index contributed by atoms with van der Waals surface area (Å²) in [5, 5.41) is 13.3. The predicted octanol–water partition coefficient (Wildman–Crippen LogP) is 2.67. The van der Waals surface area contributed by atoms with Crippen molar-refractivity contribution in [3.05, 3.63) is 54.0 Å². The number of hydrogen-bond acceptors (Lipinski definition) is 4. The highest BCUT2D eigenvalue weighted by molar-refractivity contribution is 5.28. The normalized spacial score (nSPS) is 14.1. The van der Waals surface area contributed by atoms with E-state index in [-0.39, 0.29) is 6.04 Å². The summed E-state index contributed by atoms with van der Waals surface area (Å²) in [5.41, 5.74) is 0.861. The third kappa shape index (κ3) is 3.59. The molecule has 0 bridgehead atoms. The van der Waals surface area contributed by atoms with E-state index in [1.165, 1.54) is 0 Å². The monoisotopic (exact) mass is 261 g/mol. The molecule has 4 heteroatoms. The van der Waals surface area contributed by atoms with Crippen molar-refractivity contribution in [2.24, 2.45) is 0 Å². The maximum atomic E-state index is 10.1. The van der Waals surface area contributed by atoms with Crippen LogP contribution in [0.2, 0.25) is 0 Å². The Kier molecular flexibility index (Phi) is 4.60. The SMILES string of the molecule is COc1ccc(C(O)CNC(C)c2ccco2)cc1. The van der Waals surface area contributed by atoms with E-state index in [0.717, 1.165) is 17.1 Å². The lowest BCUT2D eigenvalue weighted by atomic mass is 10.1. The molecule has 4 nitrogen and oxygen atoms in total. The topological polar surface area (TPSA) is 54.6 Å². The van der Waals surface area contributed by atoms with E-state index < -0.39 is 6.10 Å². The van der Waals surface area contributed by atoms with Gasteiger partial charge in [0.2, 0.25) is 0 Å². The fraction of sp³-hybridized carbons (Fsp3) is 0.333. The first-order valence-corrected chi connectivity index (χ1v) is 6.29. The molecule has 19 heavy (non-hydrogen) atoms. The molecule has 0 saturated heterocycles. The highest BCUT2D eigenvalue weighted by Gasteiger charge is 2.12. The van der Waals surface area contributed by atoms with Crippen LogP contribution in [0.15, 0.2) is 47.1 Å². The van der Waals surface area contributed by atoms with Crippen LogP contribution in [0.3, 0.4) is 0 Å². The highest BCUT2D eigenvalue weighted by atomic mass is 16.5. The Hall–Kier alpha value is -1.78. The van der Waals surface area contributed by atoms with Crippen LogP contribution < -0.4 is 10.1 Å². The summed E-state index contributed by atoms with van der Waals surface area (Å²) in [6.45, 7) is 2.47. The van der Waals surface area contributed by atoms with Crippen molar-refractivity contribution in [2.75, 3.05) is 13.7 Å². The quantitative estimate of drug-likeness (QED) is 0.839. The van der Waals surface area contributed by atoms with Gasteiger partial charge in [-0.15, -0.1) is 0 Å². The maximum absolute atomic E-state index is 10.1. The zero-order chi connectivity index (χ0) is 13.7. The van der Waals surface area contributed by atoms with Crippen LogP contribution in [0.1, 0.15) is 30.4 Å². The van der Waals surface area contributed by atoms with Gasteiger partial charge in [-0.05, 0) is 36.8 Å². The molecule has 2 aromatic rings. The summed E-state index contributed by atoms with van der Waals surface area (Å²) >= 11 is 0. The average Bonchev–Trinajstić information content (AvgIpc) is 2.98. The average molecular weight is 261 g/mol.